The molecule has 0 spiro atoms. The summed E-state index contributed by atoms with van der Waals surface area (Å²) in [5.74, 6) is 3.05. The van der Waals surface area contributed by atoms with Crippen molar-refractivity contribution in [1.29, 1.82) is 0 Å². The lowest BCUT2D eigenvalue weighted by Crippen LogP contribution is -2.32. The highest BCUT2D eigenvalue weighted by Gasteiger charge is 2.27. The lowest BCUT2D eigenvalue weighted by molar-refractivity contribution is 0.315. The van der Waals surface area contributed by atoms with E-state index >= 15 is 0 Å². The zero-order valence-corrected chi connectivity index (χ0v) is 14.1. The van der Waals surface area contributed by atoms with E-state index in [1.807, 2.05) is 0 Å². The second kappa shape index (κ2) is 7.07. The molecule has 0 aliphatic carbocycles. The lowest BCUT2D eigenvalue weighted by Gasteiger charge is -2.23. The van der Waals surface area contributed by atoms with Crippen LogP contribution in [0.4, 0.5) is 11.6 Å². The molecule has 5 heteroatoms. The predicted molar refractivity (Wildman–Crippen MR) is 89.2 cm³/mol. The van der Waals surface area contributed by atoms with Crippen LogP contribution in [0, 0.1) is 6.92 Å². The van der Waals surface area contributed by atoms with E-state index in [0.717, 1.165) is 49.9 Å². The minimum absolute atomic E-state index is 0.622. The molecular weight excluding hydrogens is 262 g/mol. The molecule has 1 atom stereocenters. The molecule has 0 bridgehead atoms. The van der Waals surface area contributed by atoms with Crippen LogP contribution in [0.5, 0.6) is 0 Å². The van der Waals surface area contributed by atoms with E-state index in [0.29, 0.717) is 6.04 Å². The average molecular weight is 291 g/mol. The zero-order chi connectivity index (χ0) is 15.4. The van der Waals surface area contributed by atoms with Crippen molar-refractivity contribution in [2.24, 2.45) is 0 Å². The Labute approximate surface area is 128 Å². The van der Waals surface area contributed by atoms with Crippen molar-refractivity contribution >= 4 is 11.6 Å². The summed E-state index contributed by atoms with van der Waals surface area (Å²) in [5, 5.41) is 3.45. The van der Waals surface area contributed by atoms with Gasteiger partial charge in [0.25, 0.3) is 0 Å². The van der Waals surface area contributed by atoms with Crippen molar-refractivity contribution in [3.05, 3.63) is 11.4 Å². The largest absolute Gasteiger partial charge is 0.370 e. The van der Waals surface area contributed by atoms with Crippen LogP contribution in [-0.4, -0.2) is 54.6 Å². The van der Waals surface area contributed by atoms with E-state index in [-0.39, 0.29) is 0 Å². The fourth-order valence-electron chi connectivity index (χ4n) is 2.79. The molecule has 0 amide bonds. The Bertz CT molecular complexity index is 472. The van der Waals surface area contributed by atoms with Gasteiger partial charge in [0, 0.05) is 37.7 Å². The Morgan fingerprint density at radius 1 is 1.29 bits per heavy atom. The molecule has 1 aliphatic heterocycles. The van der Waals surface area contributed by atoms with Crippen LogP contribution in [-0.2, 0) is 6.42 Å². The van der Waals surface area contributed by atoms with Crippen molar-refractivity contribution in [3.8, 4) is 0 Å². The molecule has 1 unspecified atom stereocenters. The Kier molecular flexibility index (Phi) is 5.39. The third-order valence-electron chi connectivity index (χ3n) is 4.22. The van der Waals surface area contributed by atoms with Gasteiger partial charge in [-0.15, -0.1) is 0 Å². The van der Waals surface area contributed by atoms with Gasteiger partial charge in [-0.05, 0) is 33.9 Å². The highest BCUT2D eigenvalue weighted by atomic mass is 15.3. The number of hydrogen-bond acceptors (Lipinski definition) is 5. The lowest BCUT2D eigenvalue weighted by atomic mass is 10.2. The summed E-state index contributed by atoms with van der Waals surface area (Å²) in [6.45, 7) is 9.52. The number of nitrogens with one attached hydrogen (secondary N) is 1. The van der Waals surface area contributed by atoms with Crippen LogP contribution in [0.2, 0.25) is 0 Å². The van der Waals surface area contributed by atoms with E-state index in [2.05, 4.69) is 55.0 Å². The van der Waals surface area contributed by atoms with Gasteiger partial charge in [0.05, 0.1) is 0 Å². The Morgan fingerprint density at radius 2 is 2.05 bits per heavy atom. The van der Waals surface area contributed by atoms with Gasteiger partial charge in [0.1, 0.15) is 17.5 Å². The summed E-state index contributed by atoms with van der Waals surface area (Å²) in [4.78, 5) is 14.2. The molecule has 2 rings (SSSR count). The summed E-state index contributed by atoms with van der Waals surface area (Å²) >= 11 is 0. The Hall–Kier alpha value is -1.36. The molecular formula is C16H29N5. The normalized spacial score (nSPS) is 18.6. The van der Waals surface area contributed by atoms with Crippen LogP contribution in [0.25, 0.3) is 0 Å². The van der Waals surface area contributed by atoms with Gasteiger partial charge < -0.3 is 15.1 Å². The second-order valence-electron chi connectivity index (χ2n) is 6.07. The van der Waals surface area contributed by atoms with Crippen LogP contribution >= 0.6 is 0 Å². The SMILES string of the molecule is CCCNc1nc(CC)nc(N2CCC(N(C)C)C2)c1C. The molecule has 21 heavy (non-hydrogen) atoms. The zero-order valence-electron chi connectivity index (χ0n) is 14.1. The maximum atomic E-state index is 4.79. The van der Waals surface area contributed by atoms with Gasteiger partial charge in [-0.3, -0.25) is 0 Å². The van der Waals surface area contributed by atoms with Crippen LogP contribution in [0.1, 0.15) is 38.1 Å². The van der Waals surface area contributed by atoms with E-state index in [1.54, 1.807) is 0 Å². The maximum absolute atomic E-state index is 4.79. The molecule has 2 heterocycles. The molecule has 0 saturated carbocycles. The monoisotopic (exact) mass is 291 g/mol. The minimum atomic E-state index is 0.622. The summed E-state index contributed by atoms with van der Waals surface area (Å²) in [5.41, 5.74) is 1.18. The molecule has 5 nitrogen and oxygen atoms in total. The summed E-state index contributed by atoms with van der Waals surface area (Å²) in [6, 6.07) is 0.622. The molecule has 0 aromatic carbocycles. The smallest absolute Gasteiger partial charge is 0.137 e. The van der Waals surface area contributed by atoms with E-state index < -0.39 is 0 Å². The fourth-order valence-corrected chi connectivity index (χ4v) is 2.79. The van der Waals surface area contributed by atoms with Crippen LogP contribution in [0.15, 0.2) is 0 Å². The molecule has 1 aromatic heterocycles. The quantitative estimate of drug-likeness (QED) is 0.871. The first-order valence-electron chi connectivity index (χ1n) is 8.09. The number of aromatic nitrogens is 2. The van der Waals surface area contributed by atoms with E-state index in [1.165, 1.54) is 12.0 Å². The number of anilines is 2. The summed E-state index contributed by atoms with van der Waals surface area (Å²) < 4.78 is 0. The molecule has 0 radical (unpaired) electrons. The van der Waals surface area contributed by atoms with Crippen molar-refractivity contribution in [1.82, 2.24) is 14.9 Å². The van der Waals surface area contributed by atoms with Gasteiger partial charge in [0.2, 0.25) is 0 Å². The van der Waals surface area contributed by atoms with E-state index in [9.17, 15) is 0 Å². The van der Waals surface area contributed by atoms with Gasteiger partial charge in [-0.25, -0.2) is 9.97 Å². The van der Waals surface area contributed by atoms with Gasteiger partial charge in [-0.2, -0.15) is 0 Å². The number of likely N-dealkylation sites (N-methyl/N-ethyl adjacent to an activating group) is 1. The van der Waals surface area contributed by atoms with Gasteiger partial charge >= 0.3 is 0 Å². The summed E-state index contributed by atoms with van der Waals surface area (Å²) in [7, 11) is 4.32. The average Bonchev–Trinajstić information content (AvgIpc) is 2.96. The van der Waals surface area contributed by atoms with Gasteiger partial charge in [-0.1, -0.05) is 13.8 Å². The third kappa shape index (κ3) is 3.64. The molecule has 1 N–H and O–H groups in total. The maximum Gasteiger partial charge on any atom is 0.137 e. The molecule has 1 aliphatic rings. The number of aryl methyl sites for hydroxylation is 1. The Morgan fingerprint density at radius 3 is 2.62 bits per heavy atom. The Balaban J connectivity index is 2.26. The standard InChI is InChI=1S/C16H29N5/c1-6-9-17-15-12(3)16(19-14(7-2)18-15)21-10-8-13(11-21)20(4)5/h13H,6-11H2,1-5H3,(H,17,18,19). The highest BCUT2D eigenvalue weighted by Crippen LogP contribution is 2.27. The topological polar surface area (TPSA) is 44.3 Å². The van der Waals surface area contributed by atoms with E-state index in [4.69, 9.17) is 4.98 Å². The van der Waals surface area contributed by atoms with Crippen LogP contribution < -0.4 is 10.2 Å². The number of hydrogen-bond donors (Lipinski definition) is 1. The molecule has 118 valence electrons. The van der Waals surface area contributed by atoms with Crippen LogP contribution in [0.3, 0.4) is 0 Å². The second-order valence-corrected chi connectivity index (χ2v) is 6.07. The molecule has 1 saturated heterocycles. The first-order chi connectivity index (χ1) is 10.1. The molecule has 1 fully saturated rings. The summed E-state index contributed by atoms with van der Waals surface area (Å²) in [6.07, 6.45) is 3.18. The number of nitrogens with zero attached hydrogens (tertiary/aromatic N) is 4. The number of rotatable bonds is 6. The van der Waals surface area contributed by atoms with Crippen molar-refractivity contribution in [2.75, 3.05) is 43.9 Å². The molecule has 1 aromatic rings. The van der Waals surface area contributed by atoms with Crippen molar-refractivity contribution in [2.45, 2.75) is 46.1 Å². The highest BCUT2D eigenvalue weighted by molar-refractivity contribution is 5.59. The van der Waals surface area contributed by atoms with Crippen molar-refractivity contribution < 1.29 is 0 Å². The fraction of sp³-hybridized carbons (Fsp3) is 0.750. The van der Waals surface area contributed by atoms with Crippen molar-refractivity contribution in [3.63, 3.8) is 0 Å². The van der Waals surface area contributed by atoms with Gasteiger partial charge in [0.15, 0.2) is 0 Å². The minimum Gasteiger partial charge on any atom is -0.370 e. The predicted octanol–water partition coefficient (Wildman–Crippen LogP) is 2.31. The first-order valence-corrected chi connectivity index (χ1v) is 8.09. The first kappa shape index (κ1) is 16.0. The third-order valence-corrected chi connectivity index (χ3v) is 4.22.